The van der Waals surface area contributed by atoms with E-state index in [4.69, 9.17) is 28.8 Å². The van der Waals surface area contributed by atoms with Crippen LogP contribution in [-0.4, -0.2) is 168 Å². The summed E-state index contributed by atoms with van der Waals surface area (Å²) in [6.07, 6.45) is -25.5. The fourth-order valence-corrected chi connectivity index (χ4v) is 4.03. The molecule has 3 fully saturated rings. The van der Waals surface area contributed by atoms with Gasteiger partial charge in [0, 0.05) is 0 Å². The van der Waals surface area contributed by atoms with E-state index in [1.54, 1.807) is 0 Å². The molecule has 3 aliphatic heterocycles. The second kappa shape index (κ2) is 11.6. The number of hydrogen-bond donors (Lipinski definition) is 11. The van der Waals surface area contributed by atoms with Crippen molar-refractivity contribution in [3.05, 3.63) is 0 Å². The third-order valence-electron chi connectivity index (χ3n) is 6.10. The maximum Gasteiger partial charge on any atom is 0.187 e. The molecule has 0 saturated carbocycles. The molecule has 3 heterocycles. The number of ether oxygens (including phenoxy) is 5. The molecule has 11 N–H and O–H groups in total. The quantitative estimate of drug-likeness (QED) is 0.154. The molecular formula is C18H32O16. The number of hydrogen-bond acceptors (Lipinski definition) is 16. The van der Waals surface area contributed by atoms with Crippen LogP contribution < -0.4 is 0 Å². The minimum Gasteiger partial charge on any atom is -0.394 e. The normalized spacial score (nSPS) is 52.5. The first-order valence-electron chi connectivity index (χ1n) is 10.6. The van der Waals surface area contributed by atoms with Crippen LogP contribution in [0.3, 0.4) is 0 Å². The van der Waals surface area contributed by atoms with Crippen LogP contribution in [0.1, 0.15) is 0 Å². The van der Waals surface area contributed by atoms with Gasteiger partial charge in [-0.25, -0.2) is 0 Å². The molecule has 0 aromatic heterocycles. The molecule has 16 nitrogen and oxygen atoms in total. The summed E-state index contributed by atoms with van der Waals surface area (Å²) in [6.45, 7) is -2.30. The van der Waals surface area contributed by atoms with Crippen LogP contribution in [0.5, 0.6) is 0 Å². The van der Waals surface area contributed by atoms with Crippen LogP contribution >= 0.6 is 0 Å². The van der Waals surface area contributed by atoms with Crippen LogP contribution in [0.15, 0.2) is 0 Å². The monoisotopic (exact) mass is 504 g/mol. The highest BCUT2D eigenvalue weighted by Crippen LogP contribution is 2.32. The predicted molar refractivity (Wildman–Crippen MR) is 101 cm³/mol. The minimum absolute atomic E-state index is 0.724. The molecule has 0 amide bonds. The molecule has 3 saturated heterocycles. The average Bonchev–Trinajstić information content (AvgIpc) is 2.82. The summed E-state index contributed by atoms with van der Waals surface area (Å²) in [6, 6.07) is 0. The van der Waals surface area contributed by atoms with Crippen molar-refractivity contribution < 1.29 is 79.9 Å². The number of aliphatic hydroxyl groups excluding tert-OH is 11. The standard InChI is InChI=1S/C18H32O16/c19-1-4-8(23)11(26)15(16(29)30-4)34-18-13(28)14(9(24)6(3-21)32-18)33-17-12(27)10(25)7(22)5(2-20)31-17/h4-29H,1-3H2/t4-,5-,6-,7-,8-,9-,10+,11+,12-,13-,14+,15-,16?,17+,18+/m1/s1. The third-order valence-corrected chi connectivity index (χ3v) is 6.10. The maximum absolute atomic E-state index is 10.7. The average molecular weight is 504 g/mol. The fraction of sp³-hybridized carbons (Fsp3) is 1.00. The van der Waals surface area contributed by atoms with Crippen molar-refractivity contribution in [2.75, 3.05) is 19.8 Å². The molecule has 1 unspecified atom stereocenters. The highest BCUT2D eigenvalue weighted by atomic mass is 16.8. The highest BCUT2D eigenvalue weighted by Gasteiger charge is 2.53. The van der Waals surface area contributed by atoms with Crippen molar-refractivity contribution in [3.63, 3.8) is 0 Å². The van der Waals surface area contributed by atoms with E-state index < -0.39 is 112 Å². The Morgan fingerprint density at radius 1 is 0.441 bits per heavy atom. The molecular weight excluding hydrogens is 472 g/mol. The summed E-state index contributed by atoms with van der Waals surface area (Å²) in [5, 5.41) is 110. The van der Waals surface area contributed by atoms with Gasteiger partial charge in [-0.05, 0) is 0 Å². The summed E-state index contributed by atoms with van der Waals surface area (Å²) in [5.74, 6) is 0. The lowest BCUT2D eigenvalue weighted by atomic mass is 9.96. The van der Waals surface area contributed by atoms with Crippen molar-refractivity contribution in [1.29, 1.82) is 0 Å². The lowest BCUT2D eigenvalue weighted by molar-refractivity contribution is -0.382. The first kappa shape index (κ1) is 27.9. The van der Waals surface area contributed by atoms with Gasteiger partial charge < -0.3 is 79.9 Å². The van der Waals surface area contributed by atoms with Crippen LogP contribution in [0.4, 0.5) is 0 Å². The lowest BCUT2D eigenvalue weighted by Gasteiger charge is -2.47. The predicted octanol–water partition coefficient (Wildman–Crippen LogP) is -7.57. The van der Waals surface area contributed by atoms with E-state index in [-0.39, 0.29) is 0 Å². The van der Waals surface area contributed by atoms with Gasteiger partial charge >= 0.3 is 0 Å². The Kier molecular flexibility index (Phi) is 9.54. The van der Waals surface area contributed by atoms with Crippen molar-refractivity contribution in [2.24, 2.45) is 0 Å². The largest absolute Gasteiger partial charge is 0.394 e. The molecule has 34 heavy (non-hydrogen) atoms. The Bertz CT molecular complexity index is 639. The summed E-state index contributed by atoms with van der Waals surface area (Å²) >= 11 is 0. The zero-order valence-corrected chi connectivity index (χ0v) is 17.7. The molecule has 200 valence electrons. The van der Waals surface area contributed by atoms with Crippen molar-refractivity contribution in [2.45, 2.75) is 92.1 Å². The van der Waals surface area contributed by atoms with Crippen LogP contribution in [-0.2, 0) is 23.7 Å². The zero-order valence-electron chi connectivity index (χ0n) is 17.7. The number of rotatable bonds is 7. The molecule has 16 heteroatoms. The van der Waals surface area contributed by atoms with E-state index in [1.165, 1.54) is 0 Å². The highest BCUT2D eigenvalue weighted by molar-refractivity contribution is 4.96. The number of aliphatic hydroxyl groups is 11. The third kappa shape index (κ3) is 5.37. The topological polar surface area (TPSA) is 269 Å². The molecule has 15 atom stereocenters. The van der Waals surface area contributed by atoms with Gasteiger partial charge in [-0.1, -0.05) is 0 Å². The zero-order chi connectivity index (χ0) is 25.3. The SMILES string of the molecule is OC[C@H]1O[C@@H](O[C@@H]2[C@@H](O)[C@H](O[C@H]3C(O)O[C@H](CO)[C@@H](O)[C@@H]3O)O[C@H](CO)[C@H]2O)[C@H](O)[C@@H](O)[C@@H]1O. The fourth-order valence-electron chi connectivity index (χ4n) is 4.03. The van der Waals surface area contributed by atoms with E-state index >= 15 is 0 Å². The summed E-state index contributed by atoms with van der Waals surface area (Å²) in [7, 11) is 0. The van der Waals surface area contributed by atoms with E-state index in [0.717, 1.165) is 0 Å². The molecule has 0 spiro atoms. The molecule has 0 aromatic carbocycles. The van der Waals surface area contributed by atoms with Crippen molar-refractivity contribution in [3.8, 4) is 0 Å². The van der Waals surface area contributed by atoms with E-state index in [0.29, 0.717) is 0 Å². The Labute approximate surface area is 192 Å². The lowest BCUT2D eigenvalue weighted by Crippen LogP contribution is -2.66. The van der Waals surface area contributed by atoms with Crippen molar-refractivity contribution >= 4 is 0 Å². The van der Waals surface area contributed by atoms with Crippen molar-refractivity contribution in [1.82, 2.24) is 0 Å². The molecule has 0 aliphatic carbocycles. The van der Waals surface area contributed by atoms with Crippen LogP contribution in [0, 0.1) is 0 Å². The van der Waals surface area contributed by atoms with Gasteiger partial charge in [-0.3, -0.25) is 0 Å². The van der Waals surface area contributed by atoms with Gasteiger partial charge in [0.1, 0.15) is 73.2 Å². The Balaban J connectivity index is 1.76. The van der Waals surface area contributed by atoms with E-state index in [9.17, 15) is 51.1 Å². The Hall–Kier alpha value is -0.640. The molecule has 0 bridgehead atoms. The minimum atomic E-state index is -1.92. The molecule has 0 aromatic rings. The second-order valence-electron chi connectivity index (χ2n) is 8.33. The van der Waals surface area contributed by atoms with E-state index in [1.807, 2.05) is 0 Å². The van der Waals surface area contributed by atoms with Gasteiger partial charge in [0.25, 0.3) is 0 Å². The summed E-state index contributed by atoms with van der Waals surface area (Å²) < 4.78 is 26.2. The first-order chi connectivity index (χ1) is 16.0. The van der Waals surface area contributed by atoms with Gasteiger partial charge in [-0.15, -0.1) is 0 Å². The molecule has 0 radical (unpaired) electrons. The van der Waals surface area contributed by atoms with Gasteiger partial charge in [0.2, 0.25) is 0 Å². The Morgan fingerprint density at radius 2 is 0.882 bits per heavy atom. The molecule has 3 rings (SSSR count). The van der Waals surface area contributed by atoms with Crippen LogP contribution in [0.2, 0.25) is 0 Å². The van der Waals surface area contributed by atoms with E-state index in [2.05, 4.69) is 0 Å². The first-order valence-corrected chi connectivity index (χ1v) is 10.6. The Morgan fingerprint density at radius 3 is 1.44 bits per heavy atom. The maximum atomic E-state index is 10.7. The second-order valence-corrected chi connectivity index (χ2v) is 8.33. The van der Waals surface area contributed by atoms with Gasteiger partial charge in [0.05, 0.1) is 19.8 Å². The van der Waals surface area contributed by atoms with Gasteiger partial charge in [-0.2, -0.15) is 0 Å². The van der Waals surface area contributed by atoms with Crippen LogP contribution in [0.25, 0.3) is 0 Å². The van der Waals surface area contributed by atoms with Gasteiger partial charge in [0.15, 0.2) is 18.9 Å². The summed E-state index contributed by atoms with van der Waals surface area (Å²) in [5.41, 5.74) is 0. The summed E-state index contributed by atoms with van der Waals surface area (Å²) in [4.78, 5) is 0. The molecule has 3 aliphatic rings. The smallest absolute Gasteiger partial charge is 0.187 e.